The average Bonchev–Trinajstić information content (AvgIpc) is 3.27. The molecular weight excluding hydrogens is 458 g/mol. The number of nitrogens with zero attached hydrogens (tertiary/aromatic N) is 4. The van der Waals surface area contributed by atoms with E-state index in [4.69, 9.17) is 4.98 Å². The van der Waals surface area contributed by atoms with Crippen molar-refractivity contribution in [1.29, 1.82) is 0 Å². The summed E-state index contributed by atoms with van der Waals surface area (Å²) in [5.41, 5.74) is 3.43. The predicted molar refractivity (Wildman–Crippen MR) is 139 cm³/mol. The number of aryl methyl sites for hydroxylation is 3. The normalized spacial score (nSPS) is 16.6. The smallest absolute Gasteiger partial charge is 0.259 e. The van der Waals surface area contributed by atoms with Crippen molar-refractivity contribution < 1.29 is 4.79 Å². The van der Waals surface area contributed by atoms with E-state index in [0.717, 1.165) is 73.1 Å². The van der Waals surface area contributed by atoms with E-state index in [-0.39, 0.29) is 11.5 Å². The molecule has 0 saturated carbocycles. The number of aromatic nitrogens is 3. The van der Waals surface area contributed by atoms with Crippen LogP contribution in [0.15, 0.2) is 41.3 Å². The number of fused-ring (bicyclic) bond motifs is 4. The summed E-state index contributed by atoms with van der Waals surface area (Å²) in [6.45, 7) is 3.97. The molecule has 0 spiro atoms. The summed E-state index contributed by atoms with van der Waals surface area (Å²) in [6.07, 6.45) is 7.02. The zero-order valence-corrected chi connectivity index (χ0v) is 20.6. The highest BCUT2D eigenvalue weighted by atomic mass is 32.1. The van der Waals surface area contributed by atoms with E-state index in [2.05, 4.69) is 39.1 Å². The van der Waals surface area contributed by atoms with Gasteiger partial charge in [0, 0.05) is 62.0 Å². The molecule has 1 fully saturated rings. The first-order chi connectivity index (χ1) is 17.2. The van der Waals surface area contributed by atoms with E-state index >= 15 is 0 Å². The Bertz CT molecular complexity index is 1450. The van der Waals surface area contributed by atoms with Gasteiger partial charge in [0.05, 0.1) is 10.9 Å². The largest absolute Gasteiger partial charge is 0.340 e. The molecule has 1 aromatic carbocycles. The third kappa shape index (κ3) is 4.48. The SMILES string of the molecule is O=C(CCc1nc2sc3c(c2c(=O)[nH]1)CCCC3)N1CCN(Cc2cccc3cccnc23)CC1. The first-order valence-corrected chi connectivity index (χ1v) is 13.3. The van der Waals surface area contributed by atoms with Gasteiger partial charge in [-0.25, -0.2) is 4.98 Å². The Hall–Kier alpha value is -3.10. The van der Waals surface area contributed by atoms with E-state index in [1.165, 1.54) is 22.4 Å². The van der Waals surface area contributed by atoms with Crippen LogP contribution in [0.4, 0.5) is 0 Å². The molecule has 0 atom stereocenters. The summed E-state index contributed by atoms with van der Waals surface area (Å²) in [5, 5.41) is 1.93. The monoisotopic (exact) mass is 487 g/mol. The second kappa shape index (κ2) is 9.51. The van der Waals surface area contributed by atoms with Gasteiger partial charge >= 0.3 is 0 Å². The van der Waals surface area contributed by atoms with Crippen LogP contribution in [0.25, 0.3) is 21.1 Å². The Morgan fingerprint density at radius 2 is 1.89 bits per heavy atom. The first-order valence-electron chi connectivity index (χ1n) is 12.5. The summed E-state index contributed by atoms with van der Waals surface area (Å²) < 4.78 is 0. The van der Waals surface area contributed by atoms with Gasteiger partial charge in [0.25, 0.3) is 5.56 Å². The maximum atomic E-state index is 12.9. The number of benzene rings is 1. The number of hydrogen-bond acceptors (Lipinski definition) is 6. The van der Waals surface area contributed by atoms with Crippen LogP contribution < -0.4 is 5.56 Å². The van der Waals surface area contributed by atoms with Crippen molar-refractivity contribution in [3.63, 3.8) is 0 Å². The Morgan fingerprint density at radius 1 is 1.06 bits per heavy atom. The minimum absolute atomic E-state index is 0.0478. The maximum Gasteiger partial charge on any atom is 0.259 e. The molecule has 1 N–H and O–H groups in total. The molecule has 4 aromatic rings. The molecule has 2 aliphatic rings. The van der Waals surface area contributed by atoms with Crippen LogP contribution >= 0.6 is 11.3 Å². The second-order valence-corrected chi connectivity index (χ2v) is 10.6. The Kier molecular flexibility index (Phi) is 6.08. The summed E-state index contributed by atoms with van der Waals surface area (Å²) >= 11 is 1.66. The highest BCUT2D eigenvalue weighted by Gasteiger charge is 2.23. The van der Waals surface area contributed by atoms with Crippen LogP contribution in [0.5, 0.6) is 0 Å². The third-order valence-electron chi connectivity index (χ3n) is 7.29. The highest BCUT2D eigenvalue weighted by Crippen LogP contribution is 2.33. The van der Waals surface area contributed by atoms with Gasteiger partial charge in [0.1, 0.15) is 10.7 Å². The van der Waals surface area contributed by atoms with E-state index in [1.807, 2.05) is 17.2 Å². The van der Waals surface area contributed by atoms with Crippen molar-refractivity contribution in [2.75, 3.05) is 26.2 Å². The number of H-pyrrole nitrogens is 1. The number of pyridine rings is 1. The third-order valence-corrected chi connectivity index (χ3v) is 8.47. The Morgan fingerprint density at radius 3 is 2.77 bits per heavy atom. The van der Waals surface area contributed by atoms with Gasteiger partial charge in [-0.2, -0.15) is 0 Å². The summed E-state index contributed by atoms with van der Waals surface area (Å²) in [7, 11) is 0. The number of thiophene rings is 1. The van der Waals surface area contributed by atoms with Crippen LogP contribution in [0, 0.1) is 0 Å². The van der Waals surface area contributed by atoms with Gasteiger partial charge < -0.3 is 9.88 Å². The summed E-state index contributed by atoms with van der Waals surface area (Å²) in [6, 6.07) is 10.4. The van der Waals surface area contributed by atoms with E-state index in [1.54, 1.807) is 11.3 Å². The average molecular weight is 488 g/mol. The number of nitrogens with one attached hydrogen (secondary N) is 1. The fourth-order valence-corrected chi connectivity index (χ4v) is 6.68. The Balaban J connectivity index is 1.06. The fourth-order valence-electron chi connectivity index (χ4n) is 5.40. The lowest BCUT2D eigenvalue weighted by Crippen LogP contribution is -2.48. The molecule has 1 aliphatic heterocycles. The van der Waals surface area contributed by atoms with Crippen molar-refractivity contribution >= 4 is 38.4 Å². The molecular formula is C27H29N5O2S. The molecule has 1 amide bonds. The molecule has 6 rings (SSSR count). The number of aromatic amines is 1. The van der Waals surface area contributed by atoms with Crippen LogP contribution in [0.1, 0.15) is 41.1 Å². The minimum atomic E-state index is -0.0478. The molecule has 0 radical (unpaired) electrons. The highest BCUT2D eigenvalue weighted by molar-refractivity contribution is 7.18. The van der Waals surface area contributed by atoms with Gasteiger partial charge in [-0.05, 0) is 42.9 Å². The lowest BCUT2D eigenvalue weighted by Gasteiger charge is -2.35. The number of para-hydroxylation sites is 1. The molecule has 180 valence electrons. The first kappa shape index (κ1) is 22.4. The second-order valence-electron chi connectivity index (χ2n) is 9.55. The number of piperazine rings is 1. The predicted octanol–water partition coefficient (Wildman–Crippen LogP) is 3.69. The zero-order chi connectivity index (χ0) is 23.8. The van der Waals surface area contributed by atoms with Crippen LogP contribution in [-0.2, 0) is 30.6 Å². The van der Waals surface area contributed by atoms with Crippen LogP contribution in [-0.4, -0.2) is 56.8 Å². The van der Waals surface area contributed by atoms with Crippen molar-refractivity contribution in [2.45, 2.75) is 45.1 Å². The van der Waals surface area contributed by atoms with Gasteiger partial charge in [-0.3, -0.25) is 19.5 Å². The fraction of sp³-hybridized carbons (Fsp3) is 0.407. The van der Waals surface area contributed by atoms with Gasteiger partial charge in [-0.1, -0.05) is 24.3 Å². The topological polar surface area (TPSA) is 82.2 Å². The maximum absolute atomic E-state index is 12.9. The molecule has 4 heterocycles. The van der Waals surface area contributed by atoms with Crippen molar-refractivity contribution in [2.24, 2.45) is 0 Å². The van der Waals surface area contributed by atoms with Crippen molar-refractivity contribution in [1.82, 2.24) is 24.8 Å². The van der Waals surface area contributed by atoms with E-state index in [0.29, 0.717) is 18.7 Å². The quantitative estimate of drug-likeness (QED) is 0.464. The van der Waals surface area contributed by atoms with Crippen molar-refractivity contribution in [3.05, 3.63) is 68.7 Å². The summed E-state index contributed by atoms with van der Waals surface area (Å²) in [5.74, 6) is 0.751. The number of hydrogen-bond donors (Lipinski definition) is 1. The number of carbonyl (C=O) groups is 1. The molecule has 1 saturated heterocycles. The molecule has 0 unspecified atom stereocenters. The van der Waals surface area contributed by atoms with E-state index in [9.17, 15) is 9.59 Å². The summed E-state index contributed by atoms with van der Waals surface area (Å²) in [4.78, 5) is 44.4. The molecule has 1 aliphatic carbocycles. The molecule has 7 nitrogen and oxygen atoms in total. The molecule has 35 heavy (non-hydrogen) atoms. The van der Waals surface area contributed by atoms with Gasteiger partial charge in [0.2, 0.25) is 5.91 Å². The number of rotatable bonds is 5. The molecule has 3 aromatic heterocycles. The lowest BCUT2D eigenvalue weighted by molar-refractivity contribution is -0.133. The van der Waals surface area contributed by atoms with Crippen LogP contribution in [0.3, 0.4) is 0 Å². The minimum Gasteiger partial charge on any atom is -0.340 e. The van der Waals surface area contributed by atoms with Gasteiger partial charge in [-0.15, -0.1) is 11.3 Å². The van der Waals surface area contributed by atoms with Crippen molar-refractivity contribution in [3.8, 4) is 0 Å². The number of amides is 1. The zero-order valence-electron chi connectivity index (χ0n) is 19.8. The Labute approximate surface area is 207 Å². The van der Waals surface area contributed by atoms with Gasteiger partial charge in [0.15, 0.2) is 0 Å². The molecule has 8 heteroatoms. The molecule has 0 bridgehead atoms. The lowest BCUT2D eigenvalue weighted by atomic mass is 9.97. The van der Waals surface area contributed by atoms with Crippen LogP contribution in [0.2, 0.25) is 0 Å². The number of carbonyl (C=O) groups excluding carboxylic acids is 1. The standard InChI is InChI=1S/C27H29N5O2S/c33-23(11-10-22-29-26(34)24-20-8-1-2-9-21(20)35-27(24)30-22)32-15-13-31(14-16-32)17-19-6-3-5-18-7-4-12-28-25(18)19/h3-7,12H,1-2,8-11,13-17H2,(H,29,30,34). The van der Waals surface area contributed by atoms with E-state index < -0.39 is 0 Å².